The largest absolute Gasteiger partial charge is 0.494 e. The number of fused-ring (bicyclic) bond motifs is 2. The van der Waals surface area contributed by atoms with Crippen LogP contribution in [0.5, 0.6) is 5.75 Å². The maximum absolute atomic E-state index is 5.69. The van der Waals surface area contributed by atoms with Gasteiger partial charge in [-0.2, -0.15) is 0 Å². The zero-order valence-electron chi connectivity index (χ0n) is 10.9. The Labute approximate surface area is 111 Å². The number of pyridine rings is 1. The molecule has 2 aromatic rings. The molecule has 3 rings (SSSR count). The number of benzene rings is 1. The van der Waals surface area contributed by atoms with Gasteiger partial charge in [-0.25, -0.2) is 0 Å². The Hall–Kier alpha value is -1.85. The van der Waals surface area contributed by atoms with Crippen LogP contribution in [0.3, 0.4) is 0 Å². The van der Waals surface area contributed by atoms with Crippen LogP contribution in [0.2, 0.25) is 0 Å². The fraction of sp³-hybridized carbons (Fsp3) is 0.357. The van der Waals surface area contributed by atoms with Crippen molar-refractivity contribution >= 4 is 16.6 Å². The maximum Gasteiger partial charge on any atom is 0.120 e. The number of nitrogens with zero attached hydrogens (tertiary/aromatic N) is 1. The molecule has 19 heavy (non-hydrogen) atoms. The molecule has 0 radical (unpaired) electrons. The molecule has 1 aromatic carbocycles. The SMILES string of the molecule is CCOc1ccc2nc3c(c(NN)c2c1)COCC3. The lowest BCUT2D eigenvalue weighted by Crippen LogP contribution is -2.18. The number of hydrogen-bond donors (Lipinski definition) is 2. The standard InChI is InChI=1S/C14H17N3O2/c1-2-19-9-3-4-12-10(7-9)14(17-15)11-8-18-6-5-13(11)16-12/h3-4,7H,2,5-6,8,15H2,1H3,(H,16,17). The molecule has 1 aromatic heterocycles. The van der Waals surface area contributed by atoms with Gasteiger partial charge in [0.15, 0.2) is 0 Å². The highest BCUT2D eigenvalue weighted by molar-refractivity contribution is 5.94. The molecular formula is C14H17N3O2. The molecule has 0 atom stereocenters. The van der Waals surface area contributed by atoms with Crippen molar-refractivity contribution in [2.75, 3.05) is 18.6 Å². The van der Waals surface area contributed by atoms with Crippen LogP contribution in [0.15, 0.2) is 18.2 Å². The van der Waals surface area contributed by atoms with Crippen LogP contribution in [0.1, 0.15) is 18.2 Å². The first-order valence-corrected chi connectivity index (χ1v) is 6.46. The molecule has 0 amide bonds. The van der Waals surface area contributed by atoms with E-state index in [-0.39, 0.29) is 0 Å². The van der Waals surface area contributed by atoms with Crippen molar-refractivity contribution in [2.45, 2.75) is 20.0 Å². The van der Waals surface area contributed by atoms with E-state index < -0.39 is 0 Å². The first kappa shape index (κ1) is 12.2. The molecule has 0 saturated heterocycles. The monoisotopic (exact) mass is 259 g/mol. The lowest BCUT2D eigenvalue weighted by molar-refractivity contribution is 0.110. The van der Waals surface area contributed by atoms with Gasteiger partial charge in [0.1, 0.15) is 5.75 Å². The van der Waals surface area contributed by atoms with Gasteiger partial charge >= 0.3 is 0 Å². The van der Waals surface area contributed by atoms with Gasteiger partial charge in [0, 0.05) is 17.4 Å². The zero-order valence-corrected chi connectivity index (χ0v) is 10.9. The molecule has 1 aliphatic rings. The summed E-state index contributed by atoms with van der Waals surface area (Å²) in [5.74, 6) is 6.51. The average Bonchev–Trinajstić information content (AvgIpc) is 2.45. The van der Waals surface area contributed by atoms with Crippen LogP contribution in [0, 0.1) is 0 Å². The second-order valence-corrected chi connectivity index (χ2v) is 4.47. The van der Waals surface area contributed by atoms with Gasteiger partial charge in [0.05, 0.1) is 36.7 Å². The number of ether oxygens (including phenoxy) is 2. The zero-order chi connectivity index (χ0) is 13.2. The number of hydrogen-bond acceptors (Lipinski definition) is 5. The third-order valence-electron chi connectivity index (χ3n) is 3.33. The van der Waals surface area contributed by atoms with Crippen molar-refractivity contribution in [2.24, 2.45) is 5.84 Å². The number of nitrogen functional groups attached to an aromatic ring is 1. The predicted octanol–water partition coefficient (Wildman–Crippen LogP) is 1.99. The average molecular weight is 259 g/mol. The van der Waals surface area contributed by atoms with Gasteiger partial charge in [-0.1, -0.05) is 0 Å². The molecule has 5 heteroatoms. The van der Waals surface area contributed by atoms with Crippen LogP contribution in [0.4, 0.5) is 5.69 Å². The molecule has 5 nitrogen and oxygen atoms in total. The highest BCUT2D eigenvalue weighted by atomic mass is 16.5. The molecule has 2 heterocycles. The minimum Gasteiger partial charge on any atom is -0.494 e. The highest BCUT2D eigenvalue weighted by Crippen LogP contribution is 2.32. The molecule has 100 valence electrons. The predicted molar refractivity (Wildman–Crippen MR) is 74.1 cm³/mol. The second kappa shape index (κ2) is 5.03. The third-order valence-corrected chi connectivity index (χ3v) is 3.33. The summed E-state index contributed by atoms with van der Waals surface area (Å²) in [6.07, 6.45) is 0.827. The molecule has 0 bridgehead atoms. The minimum atomic E-state index is 0.552. The topological polar surface area (TPSA) is 69.4 Å². The van der Waals surface area contributed by atoms with Gasteiger partial charge < -0.3 is 14.9 Å². The number of aromatic nitrogens is 1. The molecule has 3 N–H and O–H groups in total. The van der Waals surface area contributed by atoms with E-state index in [0.29, 0.717) is 19.8 Å². The van der Waals surface area contributed by atoms with E-state index in [1.54, 1.807) is 0 Å². The van der Waals surface area contributed by atoms with Crippen molar-refractivity contribution in [1.29, 1.82) is 0 Å². The summed E-state index contributed by atoms with van der Waals surface area (Å²) in [6, 6.07) is 5.87. The Morgan fingerprint density at radius 3 is 3.16 bits per heavy atom. The number of nitrogens with one attached hydrogen (secondary N) is 1. The summed E-state index contributed by atoms with van der Waals surface area (Å²) in [7, 11) is 0. The van der Waals surface area contributed by atoms with E-state index in [2.05, 4.69) is 5.43 Å². The first-order valence-electron chi connectivity index (χ1n) is 6.46. The van der Waals surface area contributed by atoms with E-state index in [9.17, 15) is 0 Å². The summed E-state index contributed by atoms with van der Waals surface area (Å²) in [4.78, 5) is 4.69. The van der Waals surface area contributed by atoms with Crippen molar-refractivity contribution in [3.63, 3.8) is 0 Å². The summed E-state index contributed by atoms with van der Waals surface area (Å²) < 4.78 is 11.0. The summed E-state index contributed by atoms with van der Waals surface area (Å²) in [6.45, 7) is 3.87. The molecule has 0 fully saturated rings. The maximum atomic E-state index is 5.69. The Balaban J connectivity index is 2.22. The Morgan fingerprint density at radius 1 is 1.47 bits per heavy atom. The number of anilines is 1. The third kappa shape index (κ3) is 2.11. The van der Waals surface area contributed by atoms with Crippen molar-refractivity contribution < 1.29 is 9.47 Å². The lowest BCUT2D eigenvalue weighted by atomic mass is 10.0. The van der Waals surface area contributed by atoms with Gasteiger partial charge in [-0.15, -0.1) is 0 Å². The fourth-order valence-electron chi connectivity index (χ4n) is 2.46. The normalized spacial score (nSPS) is 14.2. The van der Waals surface area contributed by atoms with Gasteiger partial charge in [-0.05, 0) is 25.1 Å². The second-order valence-electron chi connectivity index (χ2n) is 4.47. The number of rotatable bonds is 3. The van der Waals surface area contributed by atoms with E-state index in [4.69, 9.17) is 20.3 Å². The van der Waals surface area contributed by atoms with E-state index in [1.807, 2.05) is 25.1 Å². The summed E-state index contributed by atoms with van der Waals surface area (Å²) in [5, 5.41) is 0.970. The van der Waals surface area contributed by atoms with E-state index >= 15 is 0 Å². The number of hydrazine groups is 1. The molecule has 0 spiro atoms. The van der Waals surface area contributed by atoms with Crippen molar-refractivity contribution in [3.05, 3.63) is 29.5 Å². The van der Waals surface area contributed by atoms with Gasteiger partial charge in [0.2, 0.25) is 0 Å². The van der Waals surface area contributed by atoms with Crippen molar-refractivity contribution in [3.8, 4) is 5.75 Å². The molecule has 0 saturated carbocycles. The molecule has 0 aliphatic carbocycles. The van der Waals surface area contributed by atoms with Crippen LogP contribution in [0.25, 0.3) is 10.9 Å². The lowest BCUT2D eigenvalue weighted by Gasteiger charge is -2.20. The summed E-state index contributed by atoms with van der Waals surface area (Å²) in [5.41, 5.74) is 6.73. The quantitative estimate of drug-likeness (QED) is 0.651. The Morgan fingerprint density at radius 2 is 2.37 bits per heavy atom. The fourth-order valence-corrected chi connectivity index (χ4v) is 2.46. The summed E-state index contributed by atoms with van der Waals surface area (Å²) >= 11 is 0. The van der Waals surface area contributed by atoms with Gasteiger partial charge in [0.25, 0.3) is 0 Å². The van der Waals surface area contributed by atoms with Crippen LogP contribution in [-0.4, -0.2) is 18.2 Å². The van der Waals surface area contributed by atoms with Crippen molar-refractivity contribution in [1.82, 2.24) is 4.98 Å². The Kier molecular flexibility index (Phi) is 3.23. The van der Waals surface area contributed by atoms with E-state index in [1.165, 1.54) is 0 Å². The van der Waals surface area contributed by atoms with Crippen LogP contribution < -0.4 is 16.0 Å². The first-order chi connectivity index (χ1) is 9.33. The number of nitrogens with two attached hydrogens (primary N) is 1. The van der Waals surface area contributed by atoms with Gasteiger partial charge in [-0.3, -0.25) is 10.8 Å². The molecule has 0 unspecified atom stereocenters. The van der Waals surface area contributed by atoms with Crippen LogP contribution in [-0.2, 0) is 17.8 Å². The van der Waals surface area contributed by atoms with Crippen LogP contribution >= 0.6 is 0 Å². The molecular weight excluding hydrogens is 242 g/mol. The van der Waals surface area contributed by atoms with E-state index in [0.717, 1.165) is 40.0 Å². The smallest absolute Gasteiger partial charge is 0.120 e. The highest BCUT2D eigenvalue weighted by Gasteiger charge is 2.18. The Bertz CT molecular complexity index is 613. The molecule has 1 aliphatic heterocycles. The minimum absolute atomic E-state index is 0.552.